The molecule has 2 aromatic heterocycles. The van der Waals surface area contributed by atoms with Gasteiger partial charge in [0.2, 0.25) is 5.88 Å². The lowest BCUT2D eigenvalue weighted by molar-refractivity contribution is 0.0541. The van der Waals surface area contributed by atoms with Gasteiger partial charge in [0.25, 0.3) is 0 Å². The van der Waals surface area contributed by atoms with Crippen molar-refractivity contribution < 1.29 is 18.3 Å². The molecule has 0 unspecified atom stereocenters. The molecule has 8 heteroatoms. The van der Waals surface area contributed by atoms with Crippen molar-refractivity contribution >= 4 is 32.2 Å². The number of hydrogen-bond donors (Lipinski definition) is 1. The molecular formula is C17H21ClN2O4S. The topological polar surface area (TPSA) is 89.4 Å². The minimum atomic E-state index is -3.03. The van der Waals surface area contributed by atoms with Crippen LogP contribution in [0.4, 0.5) is 0 Å². The van der Waals surface area contributed by atoms with Crippen molar-refractivity contribution in [3.63, 3.8) is 0 Å². The van der Waals surface area contributed by atoms with E-state index in [1.165, 1.54) is 6.26 Å². The van der Waals surface area contributed by atoms with Crippen molar-refractivity contribution in [3.05, 3.63) is 29.2 Å². The van der Waals surface area contributed by atoms with E-state index in [-0.39, 0.29) is 11.4 Å². The summed E-state index contributed by atoms with van der Waals surface area (Å²) in [6, 6.07) is 1.69. The Balaban J connectivity index is 1.95. The SMILES string of the molecule is CC[C@](C)(O)c1cnc(O[C@H]2C[C@@H](S(C)(=O)=O)C2)c2cnc(Cl)cc12. The maximum absolute atomic E-state index is 11.5. The molecule has 0 radical (unpaired) electrons. The first kappa shape index (κ1) is 18.4. The molecule has 0 aliphatic heterocycles. The van der Waals surface area contributed by atoms with Crippen molar-refractivity contribution in [2.24, 2.45) is 0 Å². The zero-order valence-electron chi connectivity index (χ0n) is 14.4. The fourth-order valence-corrected chi connectivity index (χ4v) is 4.21. The first-order valence-corrected chi connectivity index (χ1v) is 10.5. The highest BCUT2D eigenvalue weighted by molar-refractivity contribution is 7.91. The number of hydrogen-bond acceptors (Lipinski definition) is 6. The lowest BCUT2D eigenvalue weighted by Crippen LogP contribution is -2.42. The van der Waals surface area contributed by atoms with Crippen molar-refractivity contribution in [3.8, 4) is 5.88 Å². The zero-order valence-corrected chi connectivity index (χ0v) is 15.9. The molecule has 0 aromatic carbocycles. The molecule has 0 bridgehead atoms. The van der Waals surface area contributed by atoms with Crippen LogP contribution in [-0.4, -0.2) is 41.1 Å². The Hall–Kier alpha value is -1.44. The van der Waals surface area contributed by atoms with Gasteiger partial charge in [-0.3, -0.25) is 0 Å². The third-order valence-electron chi connectivity index (χ3n) is 4.91. The molecule has 1 N–H and O–H groups in total. The zero-order chi connectivity index (χ0) is 18.4. The minimum absolute atomic E-state index is 0.191. The van der Waals surface area contributed by atoms with Crippen LogP contribution in [0.25, 0.3) is 10.8 Å². The van der Waals surface area contributed by atoms with Gasteiger partial charge in [-0.2, -0.15) is 0 Å². The van der Waals surface area contributed by atoms with E-state index < -0.39 is 15.4 Å². The first-order chi connectivity index (χ1) is 11.6. The van der Waals surface area contributed by atoms with Crippen LogP contribution in [0.15, 0.2) is 18.5 Å². The van der Waals surface area contributed by atoms with Crippen LogP contribution in [0.3, 0.4) is 0 Å². The Morgan fingerprint density at radius 1 is 1.32 bits per heavy atom. The minimum Gasteiger partial charge on any atom is -0.474 e. The second-order valence-electron chi connectivity index (χ2n) is 6.82. The van der Waals surface area contributed by atoms with Crippen molar-refractivity contribution in [2.75, 3.05) is 6.26 Å². The first-order valence-electron chi connectivity index (χ1n) is 8.14. The fourth-order valence-electron chi connectivity index (χ4n) is 2.92. The number of rotatable bonds is 5. The smallest absolute Gasteiger partial charge is 0.223 e. The Kier molecular flexibility index (Phi) is 4.68. The van der Waals surface area contributed by atoms with Crippen LogP contribution in [-0.2, 0) is 15.4 Å². The van der Waals surface area contributed by atoms with Crippen LogP contribution >= 0.6 is 11.6 Å². The number of pyridine rings is 2. The average molecular weight is 385 g/mol. The summed E-state index contributed by atoms with van der Waals surface area (Å²) >= 11 is 6.03. The Morgan fingerprint density at radius 3 is 2.60 bits per heavy atom. The van der Waals surface area contributed by atoms with E-state index in [9.17, 15) is 13.5 Å². The van der Waals surface area contributed by atoms with E-state index in [0.29, 0.717) is 41.2 Å². The summed E-state index contributed by atoms with van der Waals surface area (Å²) in [5.74, 6) is 0.381. The third-order valence-corrected chi connectivity index (χ3v) is 6.71. The van der Waals surface area contributed by atoms with E-state index in [1.807, 2.05) is 6.92 Å². The number of sulfone groups is 1. The summed E-state index contributed by atoms with van der Waals surface area (Å²) < 4.78 is 28.9. The van der Waals surface area contributed by atoms with E-state index in [1.54, 1.807) is 25.4 Å². The molecule has 0 amide bonds. The molecule has 0 spiro atoms. The summed E-state index contributed by atoms with van der Waals surface area (Å²) in [5.41, 5.74) is -0.393. The third kappa shape index (κ3) is 3.59. The molecular weight excluding hydrogens is 364 g/mol. The number of halogens is 1. The van der Waals surface area contributed by atoms with Gasteiger partial charge in [-0.05, 0) is 24.8 Å². The molecule has 2 aromatic rings. The largest absolute Gasteiger partial charge is 0.474 e. The number of aliphatic hydroxyl groups is 1. The maximum Gasteiger partial charge on any atom is 0.223 e. The molecule has 25 heavy (non-hydrogen) atoms. The molecule has 1 aliphatic carbocycles. The number of aromatic nitrogens is 2. The van der Waals surface area contributed by atoms with Gasteiger partial charge in [0.05, 0.1) is 16.2 Å². The predicted octanol–water partition coefficient (Wildman–Crippen LogP) is 2.86. The highest BCUT2D eigenvalue weighted by Gasteiger charge is 2.38. The van der Waals surface area contributed by atoms with Crippen LogP contribution in [0.5, 0.6) is 5.88 Å². The van der Waals surface area contributed by atoms with Gasteiger partial charge >= 0.3 is 0 Å². The summed E-state index contributed by atoms with van der Waals surface area (Å²) in [5, 5.41) is 12.0. The van der Waals surface area contributed by atoms with Crippen molar-refractivity contribution in [1.82, 2.24) is 9.97 Å². The summed E-state index contributed by atoms with van der Waals surface area (Å²) in [6.45, 7) is 3.61. The summed E-state index contributed by atoms with van der Waals surface area (Å²) in [4.78, 5) is 8.44. The van der Waals surface area contributed by atoms with Gasteiger partial charge in [-0.1, -0.05) is 18.5 Å². The highest BCUT2D eigenvalue weighted by Crippen LogP contribution is 2.37. The van der Waals surface area contributed by atoms with Gasteiger partial charge < -0.3 is 9.84 Å². The molecule has 1 atom stereocenters. The predicted molar refractivity (Wildman–Crippen MR) is 96.7 cm³/mol. The normalized spacial score (nSPS) is 23.1. The van der Waals surface area contributed by atoms with E-state index in [2.05, 4.69) is 9.97 Å². The van der Waals surface area contributed by atoms with Crippen molar-refractivity contribution in [2.45, 2.75) is 50.1 Å². The van der Waals surface area contributed by atoms with Crippen LogP contribution in [0.2, 0.25) is 5.15 Å². The van der Waals surface area contributed by atoms with Gasteiger partial charge in [-0.25, -0.2) is 18.4 Å². The average Bonchev–Trinajstić information content (AvgIpc) is 2.48. The Labute approximate surface area is 152 Å². The molecule has 1 aliphatic rings. The second kappa shape index (κ2) is 6.37. The number of nitrogens with zero attached hydrogens (tertiary/aromatic N) is 2. The van der Waals surface area contributed by atoms with Gasteiger partial charge in [0, 0.05) is 37.1 Å². The van der Waals surface area contributed by atoms with Gasteiger partial charge in [-0.15, -0.1) is 0 Å². The molecule has 2 heterocycles. The molecule has 3 rings (SSSR count). The van der Waals surface area contributed by atoms with E-state index >= 15 is 0 Å². The number of ether oxygens (including phenoxy) is 1. The molecule has 136 valence electrons. The Morgan fingerprint density at radius 2 is 2.00 bits per heavy atom. The van der Waals surface area contributed by atoms with Crippen LogP contribution in [0, 0.1) is 0 Å². The highest BCUT2D eigenvalue weighted by atomic mass is 35.5. The lowest BCUT2D eigenvalue weighted by atomic mass is 9.91. The number of fused-ring (bicyclic) bond motifs is 1. The van der Waals surface area contributed by atoms with Gasteiger partial charge in [0.15, 0.2) is 9.84 Å². The van der Waals surface area contributed by atoms with E-state index in [4.69, 9.17) is 16.3 Å². The van der Waals surface area contributed by atoms with Gasteiger partial charge in [0.1, 0.15) is 11.3 Å². The van der Waals surface area contributed by atoms with Crippen LogP contribution in [0.1, 0.15) is 38.7 Å². The van der Waals surface area contributed by atoms with E-state index in [0.717, 1.165) is 5.39 Å². The fraction of sp³-hybridized carbons (Fsp3) is 0.529. The lowest BCUT2D eigenvalue weighted by Gasteiger charge is -2.34. The Bertz CT molecular complexity index is 908. The van der Waals surface area contributed by atoms with Crippen molar-refractivity contribution in [1.29, 1.82) is 0 Å². The standard InChI is InChI=1S/C17H21ClN2O4S/c1-4-17(2,21)14-9-20-16(13-8-19-15(18)7-12(13)14)24-10-5-11(6-10)25(3,22)23/h7-11,21H,4-6H2,1-3H3/t10-,11+,17-/m0/s1. The monoisotopic (exact) mass is 384 g/mol. The molecule has 0 saturated heterocycles. The summed E-state index contributed by atoms with van der Waals surface area (Å²) in [6.07, 6.45) is 5.64. The molecule has 6 nitrogen and oxygen atoms in total. The quantitative estimate of drug-likeness (QED) is 0.797. The summed E-state index contributed by atoms with van der Waals surface area (Å²) in [7, 11) is -3.03. The molecule has 1 fully saturated rings. The van der Waals surface area contributed by atoms with Crippen LogP contribution < -0.4 is 4.74 Å². The maximum atomic E-state index is 11.5. The molecule has 1 saturated carbocycles. The second-order valence-corrected chi connectivity index (χ2v) is 9.53.